The predicted molar refractivity (Wildman–Crippen MR) is 605 cm³/mol. The standard InChI is InChI=1S/C25H29NO.C25H28O.C24H27NO.C24H26O.C18H23NO.C17H21NO/c1-3-4-5-6-10-15-21(27)18-23-19(2)26-24-17-12-11-16-22(24)25(23)20-13-8-7-9-14-20;1-2-3-4-5-9-15-23(26)19-22-18-17-20-12-10-11-16-24(20)25(22)21-13-7-6-8-14-21;1-2-3-4-5-9-15-21(26)17-23-24(19-12-7-6-8-13-19)22-16-11-10-14-20(22)18-25-23;1-2-3-4-8-14-22(25)18-21-17-16-19-11-9-10-15-23(19)24(21)20-12-6-5-7-13-20;1-2-3-4-5-6-10-17(20)13-15-12-16-9-7-8-11-18(16)19-14-15;1-2-3-4-5-9-16(19)12-14-11-15-8-6-7-10-17(15)18-13-14/h7-9,11-14,16-17H,3-6,10,15,18H2,1-2H3;6-8,10-14,16-18H,2-5,9,15,19H2,1H3;6-8,10-14,16,18H,2-5,9,15,17H2,1H3;5-7,9-13,15-17H,2-4,8,14,18H2,1H3;7-9,11-12,14H,2-6,10,13H2,1H3;6-8,10-11,13H,2-5,9,12H2,1H3. The first-order valence-corrected chi connectivity index (χ1v) is 53.9. The van der Waals surface area contributed by atoms with Crippen LogP contribution in [-0.4, -0.2) is 54.6 Å². The lowest BCUT2D eigenvalue weighted by molar-refractivity contribution is -0.119. The highest BCUT2D eigenvalue weighted by molar-refractivity contribution is 6.03. The molecule has 0 aliphatic carbocycles. The number of rotatable bonds is 50. The molecule has 0 saturated heterocycles. The van der Waals surface area contributed by atoms with Crippen molar-refractivity contribution in [3.8, 4) is 44.5 Å². The number of pyridine rings is 4. The zero-order valence-corrected chi connectivity index (χ0v) is 86.6. The number of aryl methyl sites for hydroxylation is 1. The van der Waals surface area contributed by atoms with Crippen LogP contribution in [0.3, 0.4) is 0 Å². The summed E-state index contributed by atoms with van der Waals surface area (Å²) in [5.41, 5.74) is 19.6. The van der Waals surface area contributed by atoms with Crippen LogP contribution in [0.1, 0.15) is 299 Å². The van der Waals surface area contributed by atoms with Crippen LogP contribution in [0.4, 0.5) is 0 Å². The van der Waals surface area contributed by atoms with E-state index in [1.807, 2.05) is 141 Å². The van der Waals surface area contributed by atoms with E-state index >= 15 is 0 Å². The summed E-state index contributed by atoms with van der Waals surface area (Å²) in [5, 5.41) is 10.5. The molecule has 4 aromatic heterocycles. The zero-order chi connectivity index (χ0) is 101. The molecule has 0 atom stereocenters. The number of benzene rings is 12. The van der Waals surface area contributed by atoms with Gasteiger partial charge in [-0.15, -0.1) is 0 Å². The van der Waals surface area contributed by atoms with Crippen molar-refractivity contribution in [1.29, 1.82) is 0 Å². The van der Waals surface area contributed by atoms with Gasteiger partial charge in [0.05, 0.1) is 22.2 Å². The average Bonchev–Trinajstić information content (AvgIpc) is 0.780. The summed E-state index contributed by atoms with van der Waals surface area (Å²) in [6, 6.07) is 104. The molecular weight excluding hydrogens is 1750 g/mol. The molecule has 0 spiro atoms. The number of aromatic nitrogens is 4. The average molecular weight is 1900 g/mol. The van der Waals surface area contributed by atoms with E-state index in [1.54, 1.807) is 0 Å². The second kappa shape index (κ2) is 63.0. The molecule has 0 saturated carbocycles. The highest BCUT2D eigenvalue weighted by Gasteiger charge is 2.21. The Bertz CT molecular complexity index is 6440. The van der Waals surface area contributed by atoms with Crippen molar-refractivity contribution in [3.63, 3.8) is 0 Å². The van der Waals surface area contributed by atoms with E-state index in [1.165, 1.54) is 165 Å². The van der Waals surface area contributed by atoms with E-state index in [4.69, 9.17) is 4.98 Å². The Morgan fingerprint density at radius 3 is 0.874 bits per heavy atom. The fraction of sp³-hybridized carbons (Fsp3) is 0.353. The Balaban J connectivity index is 0.000000164. The molecule has 0 fully saturated rings. The molecule has 16 rings (SSSR count). The highest BCUT2D eigenvalue weighted by Crippen LogP contribution is 2.39. The third-order valence-electron chi connectivity index (χ3n) is 26.8. The van der Waals surface area contributed by atoms with E-state index in [0.29, 0.717) is 112 Å². The second-order valence-electron chi connectivity index (χ2n) is 38.5. The Labute approximate surface area is 853 Å². The number of hydrogen-bond acceptors (Lipinski definition) is 10. The second-order valence-corrected chi connectivity index (χ2v) is 38.5. The molecule has 0 radical (unpaired) electrons. The van der Waals surface area contributed by atoms with Crippen LogP contribution in [-0.2, 0) is 67.3 Å². The summed E-state index contributed by atoms with van der Waals surface area (Å²) in [6.07, 6.45) is 45.6. The maximum absolute atomic E-state index is 12.7. The minimum Gasteiger partial charge on any atom is -0.299 e. The van der Waals surface area contributed by atoms with Crippen LogP contribution in [0, 0.1) is 6.92 Å². The summed E-state index contributed by atoms with van der Waals surface area (Å²) >= 11 is 0. The number of hydrogen-bond donors (Lipinski definition) is 0. The molecule has 0 amide bonds. The monoisotopic (exact) mass is 1900 g/mol. The van der Waals surface area contributed by atoms with Gasteiger partial charge in [-0.05, 0) is 169 Å². The molecule has 742 valence electrons. The van der Waals surface area contributed by atoms with Crippen LogP contribution in [0.25, 0.3) is 110 Å². The largest absolute Gasteiger partial charge is 0.299 e. The Kier molecular flexibility index (Phi) is 48.5. The smallest absolute Gasteiger partial charge is 0.138 e. The summed E-state index contributed by atoms with van der Waals surface area (Å²) in [4.78, 5) is 92.3. The topological polar surface area (TPSA) is 154 Å². The van der Waals surface area contributed by atoms with E-state index in [2.05, 4.69) is 245 Å². The van der Waals surface area contributed by atoms with Crippen LogP contribution < -0.4 is 0 Å². The summed E-state index contributed by atoms with van der Waals surface area (Å²) in [5.74, 6) is 1.98. The third kappa shape index (κ3) is 36.6. The SMILES string of the molecule is CCCCCCC(=O)Cc1ccc2ccccc2c1-c1ccccc1.CCCCCCC(=O)Cc1cnc2ccccc2c1.CCCCCCCC(=O)Cc1c(C)nc2ccccc2c1-c1ccccc1.CCCCCCCC(=O)Cc1ccc2ccccc2c1-c1ccccc1.CCCCCCCC(=O)Cc1cnc2ccccc2c1.CCCCCCCC(=O)Cc1ncc2ccccc2c1-c1ccccc1. The Hall–Kier alpha value is -13.2. The van der Waals surface area contributed by atoms with Gasteiger partial charge in [-0.25, -0.2) is 0 Å². The van der Waals surface area contributed by atoms with E-state index < -0.39 is 0 Å². The van der Waals surface area contributed by atoms with Crippen molar-refractivity contribution in [2.45, 2.75) is 305 Å². The lowest BCUT2D eigenvalue weighted by atomic mass is 9.90. The number of carbonyl (C=O) groups is 6. The number of fused-ring (bicyclic) bond motifs is 6. The molecule has 4 heterocycles. The molecule has 0 bridgehead atoms. The fourth-order valence-electron chi connectivity index (χ4n) is 19.0. The van der Waals surface area contributed by atoms with Crippen LogP contribution in [0.15, 0.2) is 322 Å². The lowest BCUT2D eigenvalue weighted by Gasteiger charge is -2.15. The van der Waals surface area contributed by atoms with E-state index in [9.17, 15) is 28.8 Å². The fourth-order valence-corrected chi connectivity index (χ4v) is 19.0. The number of unbranched alkanes of at least 4 members (excludes halogenated alkanes) is 22. The Morgan fingerprint density at radius 1 is 0.217 bits per heavy atom. The summed E-state index contributed by atoms with van der Waals surface area (Å²) < 4.78 is 0. The molecule has 10 heteroatoms. The van der Waals surface area contributed by atoms with Crippen molar-refractivity contribution in [2.75, 3.05) is 0 Å². The minimum absolute atomic E-state index is 0.293. The lowest BCUT2D eigenvalue weighted by Crippen LogP contribution is -2.07. The van der Waals surface area contributed by atoms with Gasteiger partial charge in [0.15, 0.2) is 0 Å². The molecule has 16 aromatic rings. The number of carbonyl (C=O) groups excluding carboxylic acids is 6. The number of nitrogens with zero attached hydrogens (tertiary/aromatic N) is 4. The van der Waals surface area contributed by atoms with Crippen molar-refractivity contribution < 1.29 is 28.8 Å². The normalized spacial score (nSPS) is 10.9. The summed E-state index contributed by atoms with van der Waals surface area (Å²) in [6.45, 7) is 15.3. The zero-order valence-electron chi connectivity index (χ0n) is 86.6. The van der Waals surface area contributed by atoms with E-state index in [-0.39, 0.29) is 0 Å². The molecular formula is C133H154N4O6. The van der Waals surface area contributed by atoms with Crippen LogP contribution in [0.5, 0.6) is 0 Å². The van der Waals surface area contributed by atoms with Crippen molar-refractivity contribution in [1.82, 2.24) is 19.9 Å². The van der Waals surface area contributed by atoms with Gasteiger partial charge in [0.2, 0.25) is 0 Å². The molecule has 12 aromatic carbocycles. The van der Waals surface area contributed by atoms with Crippen molar-refractivity contribution in [3.05, 3.63) is 361 Å². The van der Waals surface area contributed by atoms with Crippen LogP contribution >= 0.6 is 0 Å². The number of Topliss-reactive ketones (excluding diaryl/α,β-unsaturated/α-hetero) is 6. The maximum Gasteiger partial charge on any atom is 0.138 e. The van der Waals surface area contributed by atoms with Gasteiger partial charge in [0.25, 0.3) is 0 Å². The van der Waals surface area contributed by atoms with Gasteiger partial charge < -0.3 is 0 Å². The van der Waals surface area contributed by atoms with Gasteiger partial charge in [-0.3, -0.25) is 48.7 Å². The van der Waals surface area contributed by atoms with Gasteiger partial charge >= 0.3 is 0 Å². The molecule has 10 nitrogen and oxygen atoms in total. The van der Waals surface area contributed by atoms with Crippen molar-refractivity contribution in [2.24, 2.45) is 0 Å². The quantitative estimate of drug-likeness (QED) is 0.0337. The first kappa shape index (κ1) is 110. The Morgan fingerprint density at radius 2 is 0.497 bits per heavy atom. The van der Waals surface area contributed by atoms with Gasteiger partial charge in [-0.1, -0.05) is 456 Å². The molecule has 0 unspecified atom stereocenters. The summed E-state index contributed by atoms with van der Waals surface area (Å²) in [7, 11) is 0. The predicted octanol–water partition coefficient (Wildman–Crippen LogP) is 35.6. The van der Waals surface area contributed by atoms with E-state index in [0.717, 1.165) is 164 Å². The van der Waals surface area contributed by atoms with Gasteiger partial charge in [-0.2, -0.15) is 0 Å². The van der Waals surface area contributed by atoms with Gasteiger partial charge in [0, 0.05) is 128 Å². The molecule has 0 aliphatic rings. The molecule has 0 N–H and O–H groups in total. The molecule has 0 aliphatic heterocycles. The van der Waals surface area contributed by atoms with Gasteiger partial charge in [0.1, 0.15) is 34.7 Å². The number of para-hydroxylation sites is 3. The highest BCUT2D eigenvalue weighted by atomic mass is 16.1. The van der Waals surface area contributed by atoms with Crippen LogP contribution in [0.2, 0.25) is 0 Å². The number of ketones is 6. The third-order valence-corrected chi connectivity index (χ3v) is 26.8. The first-order valence-electron chi connectivity index (χ1n) is 53.9. The maximum atomic E-state index is 12.7. The van der Waals surface area contributed by atoms with Crippen molar-refractivity contribution >= 4 is 99.7 Å². The molecule has 143 heavy (non-hydrogen) atoms. The first-order chi connectivity index (χ1) is 70.2. The minimum atomic E-state index is 0.293.